The van der Waals surface area contributed by atoms with Crippen LogP contribution < -0.4 is 5.32 Å². The molecule has 154 valence electrons. The molecule has 0 heterocycles. The zero-order valence-electron chi connectivity index (χ0n) is 16.4. The molecule has 1 aromatic carbocycles. The Morgan fingerprint density at radius 2 is 1.81 bits per heavy atom. The Morgan fingerprint density at radius 1 is 1.15 bits per heavy atom. The van der Waals surface area contributed by atoms with Crippen LogP contribution in [0, 0.1) is 5.92 Å². The Bertz CT molecular complexity index is 656. The van der Waals surface area contributed by atoms with Crippen LogP contribution in [0.25, 0.3) is 0 Å². The van der Waals surface area contributed by atoms with Crippen LogP contribution in [0.5, 0.6) is 0 Å². The van der Waals surface area contributed by atoms with Crippen LogP contribution in [-0.4, -0.2) is 43.1 Å². The lowest BCUT2D eigenvalue weighted by molar-refractivity contribution is 0.0928. The highest BCUT2D eigenvalue weighted by Gasteiger charge is 2.18. The lowest BCUT2D eigenvalue weighted by atomic mass is 9.85. The van der Waals surface area contributed by atoms with Gasteiger partial charge in [-0.1, -0.05) is 56.4 Å². The third-order valence-electron chi connectivity index (χ3n) is 5.52. The molecule has 0 saturated heterocycles. The maximum Gasteiger partial charge on any atom is 0.154 e. The van der Waals surface area contributed by atoms with E-state index in [1.54, 1.807) is 0 Å². The van der Waals surface area contributed by atoms with Gasteiger partial charge in [-0.3, -0.25) is 0 Å². The number of nitrogens with one attached hydrogen (secondary N) is 1. The lowest BCUT2D eigenvalue weighted by Gasteiger charge is -2.25. The molecule has 0 spiro atoms. The van der Waals surface area contributed by atoms with Crippen molar-refractivity contribution in [2.45, 2.75) is 76.3 Å². The SMILES string of the molecule is CC(CC1CCCCC1)NCc1ccccc1CS(=O)(=O)CCC(O)CO. The summed E-state index contributed by atoms with van der Waals surface area (Å²) in [6.07, 6.45) is 7.01. The molecule has 0 aliphatic heterocycles. The van der Waals surface area contributed by atoms with Crippen molar-refractivity contribution in [1.82, 2.24) is 5.32 Å². The summed E-state index contributed by atoms with van der Waals surface area (Å²) >= 11 is 0. The van der Waals surface area contributed by atoms with E-state index in [0.717, 1.165) is 17.0 Å². The van der Waals surface area contributed by atoms with Crippen molar-refractivity contribution < 1.29 is 18.6 Å². The van der Waals surface area contributed by atoms with Crippen LogP contribution in [0.4, 0.5) is 0 Å². The molecule has 1 saturated carbocycles. The maximum atomic E-state index is 12.4. The summed E-state index contributed by atoms with van der Waals surface area (Å²) in [6, 6.07) is 8.06. The van der Waals surface area contributed by atoms with Crippen molar-refractivity contribution in [3.8, 4) is 0 Å². The van der Waals surface area contributed by atoms with Gasteiger partial charge >= 0.3 is 0 Å². The van der Waals surface area contributed by atoms with Crippen molar-refractivity contribution >= 4 is 9.84 Å². The summed E-state index contributed by atoms with van der Waals surface area (Å²) in [5.74, 6) is 0.670. The molecule has 2 unspecified atom stereocenters. The third-order valence-corrected chi connectivity index (χ3v) is 7.13. The van der Waals surface area contributed by atoms with Crippen molar-refractivity contribution in [1.29, 1.82) is 0 Å². The second kappa shape index (κ2) is 11.1. The smallest absolute Gasteiger partial charge is 0.154 e. The van der Waals surface area contributed by atoms with Gasteiger partial charge in [0.25, 0.3) is 0 Å². The van der Waals surface area contributed by atoms with E-state index in [4.69, 9.17) is 5.11 Å². The van der Waals surface area contributed by atoms with Crippen molar-refractivity contribution in [3.63, 3.8) is 0 Å². The van der Waals surface area contributed by atoms with Gasteiger partial charge in [0.1, 0.15) is 0 Å². The van der Waals surface area contributed by atoms with Gasteiger partial charge in [-0.15, -0.1) is 0 Å². The van der Waals surface area contributed by atoms with E-state index in [0.29, 0.717) is 12.6 Å². The van der Waals surface area contributed by atoms with Gasteiger partial charge < -0.3 is 15.5 Å². The summed E-state index contributed by atoms with van der Waals surface area (Å²) < 4.78 is 24.7. The van der Waals surface area contributed by atoms with Crippen LogP contribution in [-0.2, 0) is 22.1 Å². The first-order valence-electron chi connectivity index (χ1n) is 10.2. The molecule has 1 fully saturated rings. The molecule has 0 aromatic heterocycles. The molecule has 0 bridgehead atoms. The van der Waals surface area contributed by atoms with Gasteiger partial charge in [-0.2, -0.15) is 0 Å². The second-order valence-electron chi connectivity index (χ2n) is 8.01. The van der Waals surface area contributed by atoms with E-state index >= 15 is 0 Å². The molecule has 1 aliphatic rings. The first kappa shape index (κ1) is 22.3. The van der Waals surface area contributed by atoms with Gasteiger partial charge in [-0.05, 0) is 36.8 Å². The molecule has 0 amide bonds. The number of rotatable bonds is 11. The highest BCUT2D eigenvalue weighted by Crippen LogP contribution is 2.27. The molecule has 3 N–H and O–H groups in total. The monoisotopic (exact) mass is 397 g/mol. The second-order valence-corrected chi connectivity index (χ2v) is 10.2. The summed E-state index contributed by atoms with van der Waals surface area (Å²) in [7, 11) is -3.32. The Kier molecular flexibility index (Phi) is 9.22. The number of aliphatic hydroxyl groups is 2. The van der Waals surface area contributed by atoms with E-state index in [1.807, 2.05) is 24.3 Å². The van der Waals surface area contributed by atoms with Crippen LogP contribution in [0.15, 0.2) is 24.3 Å². The van der Waals surface area contributed by atoms with Crippen LogP contribution in [0.3, 0.4) is 0 Å². The quantitative estimate of drug-likeness (QED) is 0.534. The zero-order valence-corrected chi connectivity index (χ0v) is 17.3. The lowest BCUT2D eigenvalue weighted by Crippen LogP contribution is -2.29. The molecule has 6 heteroatoms. The van der Waals surface area contributed by atoms with E-state index in [1.165, 1.54) is 38.5 Å². The third kappa shape index (κ3) is 8.30. The van der Waals surface area contributed by atoms with Gasteiger partial charge in [0.05, 0.1) is 24.2 Å². The zero-order chi connectivity index (χ0) is 19.7. The number of hydrogen-bond donors (Lipinski definition) is 3. The summed E-state index contributed by atoms with van der Waals surface area (Å²) in [6.45, 7) is 2.47. The van der Waals surface area contributed by atoms with E-state index < -0.39 is 22.5 Å². The largest absolute Gasteiger partial charge is 0.394 e. The Hall–Kier alpha value is -0.950. The Morgan fingerprint density at radius 3 is 2.48 bits per heavy atom. The molecule has 2 rings (SSSR count). The topological polar surface area (TPSA) is 86.6 Å². The molecule has 1 aliphatic carbocycles. The minimum absolute atomic E-state index is 0.0278. The molecule has 1 aromatic rings. The van der Waals surface area contributed by atoms with Gasteiger partial charge in [0.15, 0.2) is 9.84 Å². The van der Waals surface area contributed by atoms with E-state index in [9.17, 15) is 13.5 Å². The predicted octanol–water partition coefficient (Wildman–Crippen LogP) is 2.79. The molecular weight excluding hydrogens is 362 g/mol. The normalized spacial score (nSPS) is 18.3. The van der Waals surface area contributed by atoms with Crippen molar-refractivity contribution in [2.24, 2.45) is 5.92 Å². The average molecular weight is 398 g/mol. The van der Waals surface area contributed by atoms with Gasteiger partial charge in [-0.25, -0.2) is 8.42 Å². The fraction of sp³-hybridized carbons (Fsp3) is 0.714. The first-order valence-corrected chi connectivity index (χ1v) is 12.0. The molecule has 2 atom stereocenters. The van der Waals surface area contributed by atoms with Crippen LogP contribution in [0.2, 0.25) is 0 Å². The average Bonchev–Trinajstić information content (AvgIpc) is 2.66. The molecule has 0 radical (unpaired) electrons. The minimum atomic E-state index is -3.32. The number of benzene rings is 1. The van der Waals surface area contributed by atoms with Crippen molar-refractivity contribution in [2.75, 3.05) is 12.4 Å². The standard InChI is InChI=1S/C21H35NO4S/c1-17(13-18-7-3-2-4-8-18)22-14-19-9-5-6-10-20(19)16-27(25,26)12-11-21(24)15-23/h5-6,9-10,17-18,21-24H,2-4,7-8,11-16H2,1H3. The Balaban J connectivity index is 1.88. The fourth-order valence-corrected chi connectivity index (χ4v) is 5.41. The van der Waals surface area contributed by atoms with Crippen molar-refractivity contribution in [3.05, 3.63) is 35.4 Å². The number of aliphatic hydroxyl groups excluding tert-OH is 2. The van der Waals surface area contributed by atoms with Crippen LogP contribution >= 0.6 is 0 Å². The van der Waals surface area contributed by atoms with Gasteiger partial charge in [0.2, 0.25) is 0 Å². The fourth-order valence-electron chi connectivity index (χ4n) is 3.88. The summed E-state index contributed by atoms with van der Waals surface area (Å²) in [5, 5.41) is 21.8. The summed E-state index contributed by atoms with van der Waals surface area (Å²) in [5.41, 5.74) is 1.83. The first-order chi connectivity index (χ1) is 12.9. The predicted molar refractivity (Wildman–Crippen MR) is 109 cm³/mol. The highest BCUT2D eigenvalue weighted by atomic mass is 32.2. The molecule has 27 heavy (non-hydrogen) atoms. The minimum Gasteiger partial charge on any atom is -0.394 e. The van der Waals surface area contributed by atoms with Gasteiger partial charge in [0, 0.05) is 12.6 Å². The Labute approximate surface area is 164 Å². The van der Waals surface area contributed by atoms with Crippen LogP contribution in [0.1, 0.15) is 63.0 Å². The summed E-state index contributed by atoms with van der Waals surface area (Å²) in [4.78, 5) is 0. The number of hydrogen-bond acceptors (Lipinski definition) is 5. The molecular formula is C21H35NO4S. The maximum absolute atomic E-state index is 12.4. The number of sulfone groups is 1. The van der Waals surface area contributed by atoms with E-state index in [-0.39, 0.29) is 17.9 Å². The molecule has 5 nitrogen and oxygen atoms in total. The highest BCUT2D eigenvalue weighted by molar-refractivity contribution is 7.90. The van der Waals surface area contributed by atoms with E-state index in [2.05, 4.69) is 12.2 Å².